The van der Waals surface area contributed by atoms with Crippen LogP contribution < -0.4 is 0 Å². The molecule has 4 atom stereocenters. The number of ketones is 1. The number of rotatable bonds is 9. The molecule has 2 bridgehead atoms. The van der Waals surface area contributed by atoms with Crippen molar-refractivity contribution in [2.75, 3.05) is 6.61 Å². The lowest BCUT2D eigenvalue weighted by molar-refractivity contribution is -0.241. The van der Waals surface area contributed by atoms with Crippen molar-refractivity contribution in [1.29, 1.82) is 0 Å². The molecule has 3 nitrogen and oxygen atoms in total. The van der Waals surface area contributed by atoms with Crippen molar-refractivity contribution in [3.8, 4) is 0 Å². The number of carbonyl (C=O) groups excluding carboxylic acids is 1. The monoisotopic (exact) mass is 336 g/mol. The molecule has 2 aliphatic heterocycles. The molecule has 2 saturated heterocycles. The van der Waals surface area contributed by atoms with Crippen LogP contribution in [0.25, 0.3) is 0 Å². The summed E-state index contributed by atoms with van der Waals surface area (Å²) in [6.07, 6.45) is 6.91. The molecule has 1 unspecified atom stereocenters. The highest BCUT2D eigenvalue weighted by Crippen LogP contribution is 2.46. The summed E-state index contributed by atoms with van der Waals surface area (Å²) in [5.74, 6) is 0.812. The molecule has 2 rings (SSSR count). The lowest BCUT2D eigenvalue weighted by atomic mass is 9.87. The molecule has 0 saturated carbocycles. The Labute approximate surface area is 148 Å². The van der Waals surface area contributed by atoms with Gasteiger partial charge < -0.3 is 9.47 Å². The SMILES string of the molecule is C=C(CC(=O)C(C)CCC[C@]1(C)OC[C@]2(CC)CC[C@H]1O2)C(C)C. The summed E-state index contributed by atoms with van der Waals surface area (Å²) in [5.41, 5.74) is 0.842. The summed E-state index contributed by atoms with van der Waals surface area (Å²) in [7, 11) is 0. The maximum Gasteiger partial charge on any atom is 0.139 e. The maximum atomic E-state index is 12.3. The molecule has 2 fully saturated rings. The standard InChI is InChI=1S/C21H36O3/c1-7-21-12-10-19(24-21)20(6,23-14-21)11-8-9-16(4)18(22)13-17(5)15(2)3/h15-16,19H,5,7-14H2,1-4,6H3/t16?,19-,20+,21+/m1/s1. The number of Topliss-reactive ketones (excluding diaryl/α,β-unsaturated/α-hetero) is 1. The van der Waals surface area contributed by atoms with E-state index in [-0.39, 0.29) is 23.2 Å². The Kier molecular flexibility index (Phi) is 6.30. The third-order valence-electron chi connectivity index (χ3n) is 6.32. The van der Waals surface area contributed by atoms with Crippen molar-refractivity contribution in [2.45, 2.75) is 96.9 Å². The molecule has 2 aliphatic rings. The van der Waals surface area contributed by atoms with Gasteiger partial charge in [0.25, 0.3) is 0 Å². The zero-order chi connectivity index (χ0) is 18.0. The average Bonchev–Trinajstić information content (AvgIpc) is 2.93. The van der Waals surface area contributed by atoms with Gasteiger partial charge in [-0.15, -0.1) is 0 Å². The lowest BCUT2D eigenvalue weighted by Crippen LogP contribution is -2.52. The molecule has 0 aliphatic carbocycles. The van der Waals surface area contributed by atoms with Crippen LogP contribution in [0, 0.1) is 11.8 Å². The van der Waals surface area contributed by atoms with Crippen LogP contribution in [0.3, 0.4) is 0 Å². The first-order valence-electron chi connectivity index (χ1n) is 9.73. The smallest absolute Gasteiger partial charge is 0.139 e. The van der Waals surface area contributed by atoms with Crippen LogP contribution in [0.1, 0.15) is 79.6 Å². The molecule has 0 N–H and O–H groups in total. The van der Waals surface area contributed by atoms with Gasteiger partial charge in [0.15, 0.2) is 0 Å². The molecule has 138 valence electrons. The Balaban J connectivity index is 1.77. The molecule has 0 amide bonds. The van der Waals surface area contributed by atoms with Crippen molar-refractivity contribution in [2.24, 2.45) is 11.8 Å². The number of hydrogen-bond donors (Lipinski definition) is 0. The third-order valence-corrected chi connectivity index (χ3v) is 6.32. The highest BCUT2D eigenvalue weighted by Gasteiger charge is 2.52. The summed E-state index contributed by atoms with van der Waals surface area (Å²) in [5, 5.41) is 0. The number of carbonyl (C=O) groups is 1. The van der Waals surface area contributed by atoms with E-state index >= 15 is 0 Å². The van der Waals surface area contributed by atoms with Gasteiger partial charge >= 0.3 is 0 Å². The van der Waals surface area contributed by atoms with Gasteiger partial charge in [0.2, 0.25) is 0 Å². The zero-order valence-corrected chi connectivity index (χ0v) is 16.3. The van der Waals surface area contributed by atoms with E-state index in [2.05, 4.69) is 34.3 Å². The second-order valence-corrected chi connectivity index (χ2v) is 8.53. The topological polar surface area (TPSA) is 35.5 Å². The van der Waals surface area contributed by atoms with Crippen molar-refractivity contribution in [3.63, 3.8) is 0 Å². The first-order chi connectivity index (χ1) is 11.2. The first kappa shape index (κ1) is 19.7. The number of ether oxygens (including phenoxy) is 2. The van der Waals surface area contributed by atoms with Gasteiger partial charge in [-0.1, -0.05) is 39.8 Å². The summed E-state index contributed by atoms with van der Waals surface area (Å²) >= 11 is 0. The van der Waals surface area contributed by atoms with Crippen molar-refractivity contribution in [1.82, 2.24) is 0 Å². The van der Waals surface area contributed by atoms with E-state index in [4.69, 9.17) is 9.47 Å². The minimum Gasteiger partial charge on any atom is -0.370 e. The van der Waals surface area contributed by atoms with Gasteiger partial charge in [-0.05, 0) is 51.4 Å². The lowest BCUT2D eigenvalue weighted by Gasteiger charge is -2.44. The summed E-state index contributed by atoms with van der Waals surface area (Å²) in [6.45, 7) is 15.4. The minimum atomic E-state index is -0.181. The average molecular weight is 337 g/mol. The molecular weight excluding hydrogens is 300 g/mol. The van der Waals surface area contributed by atoms with Crippen LogP contribution in [0.2, 0.25) is 0 Å². The van der Waals surface area contributed by atoms with E-state index < -0.39 is 0 Å². The van der Waals surface area contributed by atoms with E-state index in [1.165, 1.54) is 0 Å². The minimum absolute atomic E-state index is 0.0232. The molecule has 3 heteroatoms. The maximum absolute atomic E-state index is 12.3. The Morgan fingerprint density at radius 1 is 1.33 bits per heavy atom. The number of fused-ring (bicyclic) bond motifs is 2. The van der Waals surface area contributed by atoms with E-state index in [1.54, 1.807) is 0 Å². The fraction of sp³-hybridized carbons (Fsp3) is 0.857. The Hall–Kier alpha value is -0.670. The normalized spacial score (nSPS) is 33.7. The first-order valence-corrected chi connectivity index (χ1v) is 9.73. The second-order valence-electron chi connectivity index (χ2n) is 8.53. The predicted molar refractivity (Wildman–Crippen MR) is 98.1 cm³/mol. The predicted octanol–water partition coefficient (Wildman–Crippen LogP) is 5.08. The van der Waals surface area contributed by atoms with Crippen LogP contribution in [0.5, 0.6) is 0 Å². The van der Waals surface area contributed by atoms with E-state index in [9.17, 15) is 4.79 Å². The number of hydrogen-bond acceptors (Lipinski definition) is 3. The van der Waals surface area contributed by atoms with Crippen LogP contribution in [0.15, 0.2) is 12.2 Å². The van der Waals surface area contributed by atoms with Crippen molar-refractivity contribution in [3.05, 3.63) is 12.2 Å². The van der Waals surface area contributed by atoms with Crippen molar-refractivity contribution < 1.29 is 14.3 Å². The third kappa shape index (κ3) is 4.29. The quantitative estimate of drug-likeness (QED) is 0.551. The highest BCUT2D eigenvalue weighted by atomic mass is 16.6. The Morgan fingerprint density at radius 3 is 2.67 bits per heavy atom. The van der Waals surface area contributed by atoms with Crippen LogP contribution >= 0.6 is 0 Å². The van der Waals surface area contributed by atoms with Gasteiger partial charge in [-0.2, -0.15) is 0 Å². The Bertz CT molecular complexity index is 470. The summed E-state index contributed by atoms with van der Waals surface area (Å²) in [6, 6.07) is 0. The fourth-order valence-electron chi connectivity index (χ4n) is 3.86. The van der Waals surface area contributed by atoms with Gasteiger partial charge in [-0.25, -0.2) is 0 Å². The molecule has 0 spiro atoms. The van der Waals surface area contributed by atoms with Crippen LogP contribution in [0.4, 0.5) is 0 Å². The molecule has 0 aromatic rings. The molecular formula is C21H36O3. The van der Waals surface area contributed by atoms with Gasteiger partial charge in [0.1, 0.15) is 5.78 Å². The van der Waals surface area contributed by atoms with Crippen molar-refractivity contribution >= 4 is 5.78 Å². The van der Waals surface area contributed by atoms with Crippen LogP contribution in [-0.2, 0) is 14.3 Å². The zero-order valence-electron chi connectivity index (χ0n) is 16.3. The molecule has 0 aromatic carbocycles. The summed E-state index contributed by atoms with van der Waals surface area (Å²) < 4.78 is 12.6. The molecule has 2 heterocycles. The highest BCUT2D eigenvalue weighted by molar-refractivity contribution is 5.82. The largest absolute Gasteiger partial charge is 0.370 e. The molecule has 24 heavy (non-hydrogen) atoms. The fourth-order valence-corrected chi connectivity index (χ4v) is 3.86. The van der Waals surface area contributed by atoms with E-state index in [1.807, 2.05) is 6.92 Å². The van der Waals surface area contributed by atoms with E-state index in [0.717, 1.165) is 50.7 Å². The summed E-state index contributed by atoms with van der Waals surface area (Å²) in [4.78, 5) is 12.3. The van der Waals surface area contributed by atoms with Gasteiger partial charge in [0, 0.05) is 12.3 Å². The number of allylic oxidation sites excluding steroid dienone is 1. The molecule has 0 aromatic heterocycles. The Morgan fingerprint density at radius 2 is 2.04 bits per heavy atom. The van der Waals surface area contributed by atoms with Crippen LogP contribution in [-0.4, -0.2) is 29.7 Å². The second kappa shape index (κ2) is 7.70. The van der Waals surface area contributed by atoms with Gasteiger partial charge in [0.05, 0.1) is 23.9 Å². The molecule has 0 radical (unpaired) electrons. The van der Waals surface area contributed by atoms with E-state index in [0.29, 0.717) is 18.1 Å². The van der Waals surface area contributed by atoms with Gasteiger partial charge in [-0.3, -0.25) is 4.79 Å².